The zero-order valence-electron chi connectivity index (χ0n) is 24.1. The number of rotatable bonds is 13. The molecule has 0 atom stereocenters. The van der Waals surface area contributed by atoms with E-state index in [9.17, 15) is 5.53 Å². The fraction of sp³-hybridized carbons (Fsp3) is 0.529. The largest absolute Gasteiger partial charge is 0.493 e. The predicted octanol–water partition coefficient (Wildman–Crippen LogP) is 10.2. The quantitative estimate of drug-likeness (QED) is 0.200. The summed E-state index contributed by atoms with van der Waals surface area (Å²) in [6, 6.07) is 9.23. The third-order valence-corrected chi connectivity index (χ3v) is 7.82. The summed E-state index contributed by atoms with van der Waals surface area (Å²) in [6.07, 6.45) is 15.0. The van der Waals surface area contributed by atoms with E-state index in [1.165, 1.54) is 69.3 Å². The van der Waals surface area contributed by atoms with Crippen molar-refractivity contribution >= 4 is 11.4 Å². The van der Waals surface area contributed by atoms with Gasteiger partial charge in [-0.05, 0) is 111 Å². The Balaban J connectivity index is 2.13. The first-order chi connectivity index (χ1) is 17.4. The molecule has 3 rings (SSSR count). The number of hydrogen-bond acceptors (Lipinski definition) is 0. The van der Waals surface area contributed by atoms with E-state index in [1.807, 2.05) is 0 Å². The van der Waals surface area contributed by atoms with Crippen LogP contribution in [0.2, 0.25) is 0 Å². The Hall–Kier alpha value is -2.48. The zero-order chi connectivity index (χ0) is 26.2. The van der Waals surface area contributed by atoms with Crippen LogP contribution in [0.4, 0.5) is 0 Å². The molecule has 2 heteroatoms. The first-order valence-electron chi connectivity index (χ1n) is 14.5. The normalized spacial score (nSPS) is 13.6. The molecule has 2 aromatic carbocycles. The first kappa shape index (κ1) is 28.1. The molecular formula is C34H48N2. The Morgan fingerprint density at radius 2 is 1.22 bits per heavy atom. The van der Waals surface area contributed by atoms with Crippen molar-refractivity contribution < 1.29 is 4.70 Å². The number of unbranched alkanes of at least 4 members (excludes halogenated alkanes) is 3. The van der Waals surface area contributed by atoms with Crippen LogP contribution in [0, 0.1) is 20.8 Å². The van der Waals surface area contributed by atoms with Gasteiger partial charge in [0.15, 0.2) is 0 Å². The number of allylic oxidation sites excluding steroid dienone is 2. The highest BCUT2D eigenvalue weighted by atomic mass is 15.2. The lowest BCUT2D eigenvalue weighted by molar-refractivity contribution is -0.344. The average molecular weight is 485 g/mol. The van der Waals surface area contributed by atoms with Crippen LogP contribution >= 0.6 is 0 Å². The Morgan fingerprint density at radius 1 is 0.639 bits per heavy atom. The van der Waals surface area contributed by atoms with Crippen LogP contribution in [0.15, 0.2) is 35.9 Å². The maximum atomic E-state index is 11.7. The van der Waals surface area contributed by atoms with Gasteiger partial charge in [0.1, 0.15) is 0 Å². The van der Waals surface area contributed by atoms with Gasteiger partial charge in [-0.25, -0.2) is 4.70 Å². The van der Waals surface area contributed by atoms with Crippen molar-refractivity contribution in [3.05, 3.63) is 86.0 Å². The van der Waals surface area contributed by atoms with Crippen molar-refractivity contribution in [2.24, 2.45) is 0 Å². The van der Waals surface area contributed by atoms with Crippen molar-refractivity contribution in [3.63, 3.8) is 0 Å². The fourth-order valence-electron chi connectivity index (χ4n) is 5.67. The maximum absolute atomic E-state index is 11.7. The minimum Gasteiger partial charge on any atom is -0.493 e. The van der Waals surface area contributed by atoms with Crippen molar-refractivity contribution in [3.8, 4) is 0 Å². The molecule has 0 bridgehead atoms. The van der Waals surface area contributed by atoms with Gasteiger partial charge >= 0.3 is 0 Å². The standard InChI is InChI=1S/C34H48N2/c1-8-12-13-14-18-29-23-33(30-19-24(5)26(7)25(6)20-30)36(35)34(29)31-21-27(15-9-2)32(17-11-4)28(22-31)16-10-3/h19-23H,8-18H2,1-7H3. The molecule has 0 saturated carbocycles. The number of aryl methyl sites for hydroxylation is 4. The summed E-state index contributed by atoms with van der Waals surface area (Å²) >= 11 is 0. The average Bonchev–Trinajstić information content (AvgIpc) is 3.18. The maximum Gasteiger partial charge on any atom is 0.210 e. The minimum absolute atomic E-state index is 0.911. The van der Waals surface area contributed by atoms with Gasteiger partial charge in [0.2, 0.25) is 11.4 Å². The Labute approximate surface area is 221 Å². The molecule has 0 spiro atoms. The number of benzene rings is 2. The third-order valence-electron chi connectivity index (χ3n) is 7.82. The highest BCUT2D eigenvalue weighted by molar-refractivity contribution is 5.79. The highest BCUT2D eigenvalue weighted by Gasteiger charge is 2.30. The van der Waals surface area contributed by atoms with Crippen LogP contribution < -0.4 is 0 Å². The van der Waals surface area contributed by atoms with Gasteiger partial charge in [0.05, 0.1) is 0 Å². The lowest BCUT2D eigenvalue weighted by Crippen LogP contribution is -2.07. The molecule has 0 N–H and O–H groups in total. The van der Waals surface area contributed by atoms with Crippen molar-refractivity contribution in [1.29, 1.82) is 0 Å². The molecule has 1 aliphatic rings. The molecular weight excluding hydrogens is 436 g/mol. The smallest absolute Gasteiger partial charge is 0.210 e. The highest BCUT2D eigenvalue weighted by Crippen LogP contribution is 2.39. The molecule has 36 heavy (non-hydrogen) atoms. The molecule has 1 heterocycles. The lowest BCUT2D eigenvalue weighted by atomic mass is 9.88. The molecule has 194 valence electrons. The van der Waals surface area contributed by atoms with Crippen LogP contribution in [-0.4, -0.2) is 4.70 Å². The van der Waals surface area contributed by atoms with E-state index in [2.05, 4.69) is 78.8 Å². The van der Waals surface area contributed by atoms with Crippen molar-refractivity contribution in [2.75, 3.05) is 0 Å². The molecule has 0 amide bonds. The van der Waals surface area contributed by atoms with Gasteiger partial charge < -0.3 is 5.53 Å². The Bertz CT molecular complexity index is 1100. The molecule has 0 saturated heterocycles. The summed E-state index contributed by atoms with van der Waals surface area (Å²) < 4.78 is 1.50. The molecule has 1 aliphatic heterocycles. The SMILES string of the molecule is CCCCCCC1=C(c2cc(CCC)c(CCC)c(CCC)c2)[N+](=[N-])C(c2cc(C)c(C)c(C)c2)=C1. The van der Waals surface area contributed by atoms with Gasteiger partial charge in [-0.15, -0.1) is 0 Å². The Kier molecular flexibility index (Phi) is 10.3. The van der Waals surface area contributed by atoms with E-state index in [0.717, 1.165) is 61.9 Å². The monoisotopic (exact) mass is 484 g/mol. The van der Waals surface area contributed by atoms with Crippen LogP contribution in [0.25, 0.3) is 16.9 Å². The van der Waals surface area contributed by atoms with Crippen LogP contribution in [0.3, 0.4) is 0 Å². The predicted molar refractivity (Wildman–Crippen MR) is 156 cm³/mol. The summed E-state index contributed by atoms with van der Waals surface area (Å²) in [7, 11) is 0. The van der Waals surface area contributed by atoms with E-state index in [1.54, 1.807) is 5.56 Å². The molecule has 0 unspecified atom stereocenters. The molecule has 0 fully saturated rings. The summed E-state index contributed by atoms with van der Waals surface area (Å²) in [6.45, 7) is 15.6. The topological polar surface area (TPSA) is 25.3 Å². The summed E-state index contributed by atoms with van der Waals surface area (Å²) in [5.74, 6) is 0. The van der Waals surface area contributed by atoms with E-state index in [4.69, 9.17) is 0 Å². The third kappa shape index (κ3) is 6.25. The minimum atomic E-state index is 0.911. The second-order valence-electron chi connectivity index (χ2n) is 10.8. The number of nitrogens with zero attached hydrogens (tertiary/aromatic N) is 2. The second-order valence-corrected chi connectivity index (χ2v) is 10.8. The molecule has 2 nitrogen and oxygen atoms in total. The van der Waals surface area contributed by atoms with Crippen molar-refractivity contribution in [1.82, 2.24) is 0 Å². The fourth-order valence-corrected chi connectivity index (χ4v) is 5.67. The van der Waals surface area contributed by atoms with Gasteiger partial charge in [-0.3, -0.25) is 0 Å². The van der Waals surface area contributed by atoms with Crippen LogP contribution in [-0.2, 0) is 19.3 Å². The molecule has 0 aromatic heterocycles. The lowest BCUT2D eigenvalue weighted by Gasteiger charge is -2.18. The van der Waals surface area contributed by atoms with Crippen LogP contribution in [0.5, 0.6) is 0 Å². The van der Waals surface area contributed by atoms with E-state index in [0.29, 0.717) is 0 Å². The first-order valence-corrected chi connectivity index (χ1v) is 14.5. The second kappa shape index (κ2) is 13.2. The van der Waals surface area contributed by atoms with Gasteiger partial charge in [-0.1, -0.05) is 66.2 Å². The molecule has 0 aliphatic carbocycles. The molecule has 2 aromatic rings. The number of hydrogen-bond donors (Lipinski definition) is 0. The zero-order valence-corrected chi connectivity index (χ0v) is 24.1. The summed E-state index contributed by atoms with van der Waals surface area (Å²) in [5, 5.41) is 0. The van der Waals surface area contributed by atoms with E-state index in [-0.39, 0.29) is 0 Å². The van der Waals surface area contributed by atoms with Gasteiger partial charge in [-0.2, -0.15) is 0 Å². The van der Waals surface area contributed by atoms with Crippen molar-refractivity contribution in [2.45, 2.75) is 119 Å². The van der Waals surface area contributed by atoms with Gasteiger partial charge in [0, 0.05) is 22.8 Å². The summed E-state index contributed by atoms with van der Waals surface area (Å²) in [5.41, 5.74) is 25.5. The van der Waals surface area contributed by atoms with E-state index >= 15 is 0 Å². The van der Waals surface area contributed by atoms with Crippen LogP contribution in [0.1, 0.15) is 124 Å². The molecule has 0 radical (unpaired) electrons. The van der Waals surface area contributed by atoms with Gasteiger partial charge in [0.25, 0.3) is 0 Å². The summed E-state index contributed by atoms with van der Waals surface area (Å²) in [4.78, 5) is 0. The van der Waals surface area contributed by atoms with E-state index < -0.39 is 0 Å². The Morgan fingerprint density at radius 3 is 1.75 bits per heavy atom.